The average Bonchev–Trinajstić information content (AvgIpc) is 2.52. The predicted molar refractivity (Wildman–Crippen MR) is 98.6 cm³/mol. The molecule has 0 saturated heterocycles. The van der Waals surface area contributed by atoms with Crippen LogP contribution in [-0.2, 0) is 5.41 Å². The molecule has 124 valence electrons. The van der Waals surface area contributed by atoms with Gasteiger partial charge in [-0.1, -0.05) is 46.2 Å². The third-order valence-corrected chi connectivity index (χ3v) is 3.89. The van der Waals surface area contributed by atoms with E-state index in [9.17, 15) is 0 Å². The molecule has 0 bridgehead atoms. The number of unbranched alkanes of at least 4 members (excludes halogenated alkanes) is 1. The largest absolute Gasteiger partial charge is 0.360 e. The normalized spacial score (nSPS) is 11.3. The second-order valence-electron chi connectivity index (χ2n) is 6.97. The molecule has 0 atom stereocenters. The molecule has 1 aromatic carbocycles. The van der Waals surface area contributed by atoms with Crippen LogP contribution < -0.4 is 10.2 Å². The van der Waals surface area contributed by atoms with Gasteiger partial charge in [0.05, 0.1) is 0 Å². The summed E-state index contributed by atoms with van der Waals surface area (Å²) in [7, 11) is 2.07. The van der Waals surface area contributed by atoms with Crippen LogP contribution in [0.25, 0.3) is 0 Å². The number of aromatic nitrogens is 2. The monoisotopic (exact) mass is 312 g/mol. The first-order valence-electron chi connectivity index (χ1n) is 8.32. The molecule has 4 heteroatoms. The van der Waals surface area contributed by atoms with Crippen LogP contribution in [0.2, 0.25) is 0 Å². The third kappa shape index (κ3) is 4.95. The van der Waals surface area contributed by atoms with E-state index in [2.05, 4.69) is 79.2 Å². The second kappa shape index (κ2) is 7.44. The first kappa shape index (κ1) is 17.3. The molecule has 0 saturated carbocycles. The number of hydrogen-bond acceptors (Lipinski definition) is 4. The van der Waals surface area contributed by atoms with E-state index in [1.165, 1.54) is 12.0 Å². The van der Waals surface area contributed by atoms with Crippen molar-refractivity contribution >= 4 is 17.5 Å². The topological polar surface area (TPSA) is 41.1 Å². The van der Waals surface area contributed by atoms with Crippen molar-refractivity contribution in [3.63, 3.8) is 0 Å². The molecule has 0 unspecified atom stereocenters. The van der Waals surface area contributed by atoms with Crippen molar-refractivity contribution in [1.29, 1.82) is 0 Å². The Morgan fingerprint density at radius 2 is 1.78 bits per heavy atom. The highest BCUT2D eigenvalue weighted by Crippen LogP contribution is 2.24. The molecule has 0 aliphatic rings. The van der Waals surface area contributed by atoms with Crippen LogP contribution in [0.3, 0.4) is 0 Å². The first-order valence-corrected chi connectivity index (χ1v) is 8.32. The standard InChI is InChI=1S/C19H28N4/c1-6-7-14-23(5)17-12-13-20-18(22-17)21-16-10-8-15(9-11-16)19(2,3)4/h8-13H,6-7,14H2,1-5H3,(H,20,21,22). The minimum Gasteiger partial charge on any atom is -0.360 e. The highest BCUT2D eigenvalue weighted by Gasteiger charge is 2.13. The van der Waals surface area contributed by atoms with E-state index in [-0.39, 0.29) is 5.41 Å². The molecule has 0 aliphatic heterocycles. The van der Waals surface area contributed by atoms with Gasteiger partial charge in [-0.2, -0.15) is 4.98 Å². The summed E-state index contributed by atoms with van der Waals surface area (Å²) in [6.07, 6.45) is 4.15. The highest BCUT2D eigenvalue weighted by atomic mass is 15.2. The number of benzene rings is 1. The Kier molecular flexibility index (Phi) is 5.59. The molecule has 0 fully saturated rings. The fraction of sp³-hybridized carbons (Fsp3) is 0.474. The van der Waals surface area contributed by atoms with Gasteiger partial charge in [-0.3, -0.25) is 0 Å². The number of hydrogen-bond donors (Lipinski definition) is 1. The Morgan fingerprint density at radius 1 is 1.09 bits per heavy atom. The van der Waals surface area contributed by atoms with E-state index >= 15 is 0 Å². The third-order valence-electron chi connectivity index (χ3n) is 3.89. The van der Waals surface area contributed by atoms with Gasteiger partial charge in [-0.05, 0) is 35.6 Å². The molecule has 0 amide bonds. The Morgan fingerprint density at radius 3 is 2.39 bits per heavy atom. The van der Waals surface area contributed by atoms with Crippen LogP contribution in [-0.4, -0.2) is 23.6 Å². The molecule has 2 rings (SSSR count). The van der Waals surface area contributed by atoms with E-state index < -0.39 is 0 Å². The number of anilines is 3. The summed E-state index contributed by atoms with van der Waals surface area (Å²) in [6.45, 7) is 9.85. The van der Waals surface area contributed by atoms with E-state index in [1.54, 1.807) is 6.20 Å². The van der Waals surface area contributed by atoms with Gasteiger partial charge in [0, 0.05) is 25.5 Å². The van der Waals surface area contributed by atoms with Gasteiger partial charge >= 0.3 is 0 Å². The lowest BCUT2D eigenvalue weighted by atomic mass is 9.87. The minimum atomic E-state index is 0.164. The maximum atomic E-state index is 4.60. The van der Waals surface area contributed by atoms with Gasteiger partial charge in [0.1, 0.15) is 5.82 Å². The SMILES string of the molecule is CCCCN(C)c1ccnc(Nc2ccc(C(C)(C)C)cc2)n1. The average molecular weight is 312 g/mol. The molecule has 1 N–H and O–H groups in total. The molecule has 1 heterocycles. The van der Waals surface area contributed by atoms with Gasteiger partial charge in [0.2, 0.25) is 5.95 Å². The van der Waals surface area contributed by atoms with Gasteiger partial charge < -0.3 is 10.2 Å². The summed E-state index contributed by atoms with van der Waals surface area (Å²) < 4.78 is 0. The minimum absolute atomic E-state index is 0.164. The van der Waals surface area contributed by atoms with Crippen LogP contribution in [0, 0.1) is 0 Å². The summed E-state index contributed by atoms with van der Waals surface area (Å²) in [5.41, 5.74) is 2.49. The zero-order chi connectivity index (χ0) is 16.9. The number of rotatable bonds is 6. The quantitative estimate of drug-likeness (QED) is 0.835. The summed E-state index contributed by atoms with van der Waals surface area (Å²) in [5, 5.41) is 3.29. The van der Waals surface area contributed by atoms with Gasteiger partial charge in [-0.25, -0.2) is 4.98 Å². The van der Waals surface area contributed by atoms with Crippen molar-refractivity contribution in [3.8, 4) is 0 Å². The van der Waals surface area contributed by atoms with Crippen LogP contribution in [0.1, 0.15) is 46.1 Å². The maximum absolute atomic E-state index is 4.60. The van der Waals surface area contributed by atoms with Gasteiger partial charge in [-0.15, -0.1) is 0 Å². The molecule has 0 radical (unpaired) electrons. The Hall–Kier alpha value is -2.10. The van der Waals surface area contributed by atoms with Crippen LogP contribution >= 0.6 is 0 Å². The Bertz CT molecular complexity index is 614. The summed E-state index contributed by atoms with van der Waals surface area (Å²) in [4.78, 5) is 11.1. The number of nitrogens with one attached hydrogen (secondary N) is 1. The van der Waals surface area contributed by atoms with Crippen LogP contribution in [0.4, 0.5) is 17.5 Å². The maximum Gasteiger partial charge on any atom is 0.229 e. The Labute approximate surface area is 140 Å². The van der Waals surface area contributed by atoms with Crippen molar-refractivity contribution < 1.29 is 0 Å². The molecule has 2 aromatic rings. The smallest absolute Gasteiger partial charge is 0.229 e. The van der Waals surface area contributed by atoms with Crippen molar-refractivity contribution in [1.82, 2.24) is 9.97 Å². The first-order chi connectivity index (χ1) is 10.9. The lowest BCUT2D eigenvalue weighted by molar-refractivity contribution is 0.590. The molecule has 23 heavy (non-hydrogen) atoms. The summed E-state index contributed by atoms with van der Waals surface area (Å²) >= 11 is 0. The molecule has 4 nitrogen and oxygen atoms in total. The van der Waals surface area contributed by atoms with E-state index in [0.29, 0.717) is 5.95 Å². The predicted octanol–water partition coefficient (Wildman–Crippen LogP) is 4.75. The van der Waals surface area contributed by atoms with Gasteiger partial charge in [0.25, 0.3) is 0 Å². The lowest BCUT2D eigenvalue weighted by Crippen LogP contribution is -2.20. The second-order valence-corrected chi connectivity index (χ2v) is 6.97. The summed E-state index contributed by atoms with van der Waals surface area (Å²) in [6, 6.07) is 10.4. The van der Waals surface area contributed by atoms with E-state index in [4.69, 9.17) is 0 Å². The van der Waals surface area contributed by atoms with E-state index in [1.807, 2.05) is 6.07 Å². The summed E-state index contributed by atoms with van der Waals surface area (Å²) in [5.74, 6) is 1.58. The molecule has 1 aromatic heterocycles. The zero-order valence-corrected chi connectivity index (χ0v) is 14.9. The highest BCUT2D eigenvalue weighted by molar-refractivity contribution is 5.55. The van der Waals surface area contributed by atoms with Crippen molar-refractivity contribution in [2.45, 2.75) is 46.0 Å². The van der Waals surface area contributed by atoms with Crippen LogP contribution in [0.15, 0.2) is 36.5 Å². The van der Waals surface area contributed by atoms with Gasteiger partial charge in [0.15, 0.2) is 0 Å². The molecule has 0 spiro atoms. The molecular formula is C19H28N4. The Balaban J connectivity index is 2.08. The fourth-order valence-corrected chi connectivity index (χ4v) is 2.31. The molecule has 0 aliphatic carbocycles. The fourth-order valence-electron chi connectivity index (χ4n) is 2.31. The van der Waals surface area contributed by atoms with E-state index in [0.717, 1.165) is 24.5 Å². The number of nitrogens with zero attached hydrogens (tertiary/aromatic N) is 3. The van der Waals surface area contributed by atoms with Crippen LogP contribution in [0.5, 0.6) is 0 Å². The van der Waals surface area contributed by atoms with Crippen molar-refractivity contribution in [2.75, 3.05) is 23.8 Å². The molecular weight excluding hydrogens is 284 g/mol. The van der Waals surface area contributed by atoms with Crippen molar-refractivity contribution in [3.05, 3.63) is 42.1 Å². The lowest BCUT2D eigenvalue weighted by Gasteiger charge is -2.19. The van der Waals surface area contributed by atoms with Crippen molar-refractivity contribution in [2.24, 2.45) is 0 Å². The zero-order valence-electron chi connectivity index (χ0n) is 14.9.